The molecule has 2 aromatic carbocycles. The van der Waals surface area contributed by atoms with Crippen molar-refractivity contribution in [3.63, 3.8) is 0 Å². The SMILES string of the molecule is CCOC(=O)C1=C(C)N=c2s/c(=C/c3cc([N+](=O)[O-])ccc3Sc3ncccn3)c(=O)n2[C@@H]1c1ccccc1OC. The number of aromatic nitrogens is 3. The standard InChI is InChI=1S/C28H23N5O6S2/c1-4-39-26(35)23-16(2)31-28-32(24(23)19-8-5-6-9-20(19)38-3)25(34)22(41-28)15-17-14-18(33(36)37)10-11-21(17)40-27-29-12-7-13-30-27/h5-15,24H,4H2,1-3H3/b22-15+/t24-/m1/s1. The van der Waals surface area contributed by atoms with Crippen LogP contribution in [-0.4, -0.2) is 39.1 Å². The summed E-state index contributed by atoms with van der Waals surface area (Å²) in [6, 6.07) is 12.3. The molecular formula is C28H23N5O6S2. The van der Waals surface area contributed by atoms with Gasteiger partial charge < -0.3 is 9.47 Å². The minimum Gasteiger partial charge on any atom is -0.496 e. The summed E-state index contributed by atoms with van der Waals surface area (Å²) < 4.78 is 12.6. The van der Waals surface area contributed by atoms with Gasteiger partial charge in [0.2, 0.25) is 0 Å². The van der Waals surface area contributed by atoms with Crippen LogP contribution in [0.1, 0.15) is 31.0 Å². The van der Waals surface area contributed by atoms with Gasteiger partial charge >= 0.3 is 5.97 Å². The van der Waals surface area contributed by atoms with Crippen LogP contribution in [0.2, 0.25) is 0 Å². The molecule has 3 heterocycles. The van der Waals surface area contributed by atoms with Gasteiger partial charge in [-0.2, -0.15) is 0 Å². The summed E-state index contributed by atoms with van der Waals surface area (Å²) in [6.45, 7) is 3.55. The van der Waals surface area contributed by atoms with Gasteiger partial charge in [-0.05, 0) is 55.4 Å². The Labute approximate surface area is 241 Å². The van der Waals surface area contributed by atoms with E-state index in [-0.39, 0.29) is 22.4 Å². The molecular weight excluding hydrogens is 566 g/mol. The molecule has 11 nitrogen and oxygen atoms in total. The maximum Gasteiger partial charge on any atom is 0.338 e. The van der Waals surface area contributed by atoms with Crippen LogP contribution in [0.4, 0.5) is 5.69 Å². The highest BCUT2D eigenvalue weighted by Gasteiger charge is 2.35. The first-order valence-electron chi connectivity index (χ1n) is 12.4. The van der Waals surface area contributed by atoms with E-state index < -0.39 is 22.5 Å². The molecule has 41 heavy (non-hydrogen) atoms. The summed E-state index contributed by atoms with van der Waals surface area (Å²) in [5.41, 5.74) is 1.13. The Balaban J connectivity index is 1.73. The lowest BCUT2D eigenvalue weighted by Gasteiger charge is -2.25. The average molecular weight is 590 g/mol. The summed E-state index contributed by atoms with van der Waals surface area (Å²) in [5.74, 6) is -0.0945. The van der Waals surface area contributed by atoms with Gasteiger partial charge in [0.05, 0.1) is 34.4 Å². The third-order valence-electron chi connectivity index (χ3n) is 6.18. The van der Waals surface area contributed by atoms with E-state index in [4.69, 9.17) is 9.47 Å². The van der Waals surface area contributed by atoms with Crippen LogP contribution in [0, 0.1) is 10.1 Å². The molecule has 0 amide bonds. The fourth-order valence-corrected chi connectivity index (χ4v) is 6.24. The highest BCUT2D eigenvalue weighted by molar-refractivity contribution is 7.99. The number of rotatable bonds is 8. The zero-order valence-electron chi connectivity index (χ0n) is 22.1. The number of nitro groups is 1. The van der Waals surface area contributed by atoms with Gasteiger partial charge in [-0.25, -0.2) is 19.8 Å². The van der Waals surface area contributed by atoms with Crippen molar-refractivity contribution in [3.8, 4) is 5.75 Å². The number of carbonyl (C=O) groups excluding carboxylic acids is 1. The van der Waals surface area contributed by atoms with Crippen LogP contribution in [0.25, 0.3) is 6.08 Å². The number of thiazole rings is 1. The lowest BCUT2D eigenvalue weighted by molar-refractivity contribution is -0.384. The van der Waals surface area contributed by atoms with Gasteiger partial charge in [0.25, 0.3) is 11.2 Å². The van der Waals surface area contributed by atoms with Crippen molar-refractivity contribution in [2.75, 3.05) is 13.7 Å². The van der Waals surface area contributed by atoms with Gasteiger partial charge in [0.1, 0.15) is 11.8 Å². The highest BCUT2D eigenvalue weighted by atomic mass is 32.2. The van der Waals surface area contributed by atoms with Gasteiger partial charge in [-0.3, -0.25) is 19.5 Å². The molecule has 1 atom stereocenters. The Hall–Kier alpha value is -4.62. The quantitative estimate of drug-likeness (QED) is 0.130. The highest BCUT2D eigenvalue weighted by Crippen LogP contribution is 2.36. The molecule has 0 saturated carbocycles. The summed E-state index contributed by atoms with van der Waals surface area (Å²) in [5, 5.41) is 12.0. The first kappa shape index (κ1) is 27.9. The van der Waals surface area contributed by atoms with Crippen molar-refractivity contribution in [1.82, 2.24) is 14.5 Å². The number of carbonyl (C=O) groups is 1. The number of nitro benzene ring substituents is 1. The van der Waals surface area contributed by atoms with Crippen molar-refractivity contribution >= 4 is 40.8 Å². The summed E-state index contributed by atoms with van der Waals surface area (Å²) >= 11 is 2.34. The van der Waals surface area contributed by atoms with E-state index in [1.807, 2.05) is 0 Å². The number of hydrogen-bond donors (Lipinski definition) is 0. The molecule has 0 aliphatic carbocycles. The number of benzene rings is 2. The Morgan fingerprint density at radius 2 is 1.95 bits per heavy atom. The summed E-state index contributed by atoms with van der Waals surface area (Å²) in [6.07, 6.45) is 4.78. The fraction of sp³-hybridized carbons (Fsp3) is 0.179. The molecule has 2 aromatic heterocycles. The molecule has 0 saturated heterocycles. The van der Waals surface area contributed by atoms with E-state index in [1.165, 1.54) is 35.6 Å². The molecule has 13 heteroatoms. The topological polar surface area (TPSA) is 139 Å². The molecule has 0 radical (unpaired) electrons. The molecule has 0 bridgehead atoms. The molecule has 0 spiro atoms. The van der Waals surface area contributed by atoms with E-state index in [9.17, 15) is 19.7 Å². The third kappa shape index (κ3) is 5.54. The fourth-order valence-electron chi connectivity index (χ4n) is 4.41. The predicted octanol–water partition coefficient (Wildman–Crippen LogP) is 3.66. The summed E-state index contributed by atoms with van der Waals surface area (Å²) in [4.78, 5) is 52.3. The van der Waals surface area contributed by atoms with Crippen molar-refractivity contribution in [1.29, 1.82) is 0 Å². The molecule has 1 aliphatic heterocycles. The van der Waals surface area contributed by atoms with Crippen LogP contribution < -0.4 is 19.6 Å². The number of esters is 1. The van der Waals surface area contributed by atoms with Gasteiger partial charge in [-0.1, -0.05) is 29.5 Å². The van der Waals surface area contributed by atoms with Crippen LogP contribution in [-0.2, 0) is 9.53 Å². The maximum atomic E-state index is 14.0. The molecule has 5 rings (SSSR count). The van der Waals surface area contributed by atoms with E-state index in [0.717, 1.165) is 11.3 Å². The average Bonchev–Trinajstić information content (AvgIpc) is 3.27. The number of fused-ring (bicyclic) bond motifs is 1. The number of non-ortho nitro benzene ring substituents is 1. The second kappa shape index (κ2) is 11.9. The van der Waals surface area contributed by atoms with Crippen LogP contribution in [0.15, 0.2) is 92.0 Å². The Morgan fingerprint density at radius 1 is 1.20 bits per heavy atom. The van der Waals surface area contributed by atoms with Crippen LogP contribution in [0.5, 0.6) is 5.75 Å². The van der Waals surface area contributed by atoms with Crippen molar-refractivity contribution in [2.45, 2.75) is 29.9 Å². The molecule has 208 valence electrons. The van der Waals surface area contributed by atoms with Crippen LogP contribution >= 0.6 is 23.1 Å². The lowest BCUT2D eigenvalue weighted by Crippen LogP contribution is -2.40. The van der Waals surface area contributed by atoms with Crippen molar-refractivity contribution in [3.05, 3.63) is 113 Å². The maximum absolute atomic E-state index is 14.0. The molecule has 4 aromatic rings. The molecule has 1 aliphatic rings. The predicted molar refractivity (Wildman–Crippen MR) is 153 cm³/mol. The van der Waals surface area contributed by atoms with E-state index in [0.29, 0.717) is 37.4 Å². The molecule has 0 unspecified atom stereocenters. The Bertz CT molecular complexity index is 1870. The number of nitrogens with zero attached hydrogens (tertiary/aromatic N) is 5. The number of methoxy groups -OCH3 is 1. The second-order valence-corrected chi connectivity index (χ2v) is 10.7. The van der Waals surface area contributed by atoms with E-state index >= 15 is 0 Å². The number of hydrogen-bond acceptors (Lipinski definition) is 11. The van der Waals surface area contributed by atoms with Crippen molar-refractivity contribution < 1.29 is 19.2 Å². The zero-order valence-corrected chi connectivity index (χ0v) is 23.8. The monoisotopic (exact) mass is 589 g/mol. The number of ether oxygens (including phenoxy) is 2. The largest absolute Gasteiger partial charge is 0.496 e. The van der Waals surface area contributed by atoms with E-state index in [1.54, 1.807) is 68.7 Å². The third-order valence-corrected chi connectivity index (χ3v) is 8.15. The van der Waals surface area contributed by atoms with Crippen molar-refractivity contribution in [2.24, 2.45) is 4.99 Å². The minimum atomic E-state index is -0.861. The second-order valence-electron chi connectivity index (χ2n) is 8.66. The van der Waals surface area contributed by atoms with Gasteiger partial charge in [0, 0.05) is 35.0 Å². The minimum absolute atomic E-state index is 0.130. The number of allylic oxidation sites excluding steroid dienone is 1. The van der Waals surface area contributed by atoms with E-state index in [2.05, 4.69) is 15.0 Å². The molecule has 0 fully saturated rings. The summed E-state index contributed by atoms with van der Waals surface area (Å²) in [7, 11) is 1.51. The molecule has 0 N–H and O–H groups in total. The lowest BCUT2D eigenvalue weighted by atomic mass is 9.95. The smallest absolute Gasteiger partial charge is 0.338 e. The first-order chi connectivity index (χ1) is 19.8. The zero-order chi connectivity index (χ0) is 29.1. The van der Waals surface area contributed by atoms with Gasteiger partial charge in [0.15, 0.2) is 9.96 Å². The van der Waals surface area contributed by atoms with Crippen LogP contribution in [0.3, 0.4) is 0 Å². The van der Waals surface area contributed by atoms with Gasteiger partial charge in [-0.15, -0.1) is 0 Å². The normalized spacial score (nSPS) is 14.8. The Kier molecular flexibility index (Phi) is 8.08. The Morgan fingerprint density at radius 3 is 2.66 bits per heavy atom. The number of para-hydroxylation sites is 1. The first-order valence-corrected chi connectivity index (χ1v) is 14.0.